The van der Waals surface area contributed by atoms with Crippen molar-refractivity contribution in [3.63, 3.8) is 0 Å². The molecule has 3 heterocycles. The number of fused-ring (bicyclic) bond motifs is 1. The van der Waals surface area contributed by atoms with E-state index >= 15 is 0 Å². The number of carbonyl (C=O) groups is 2. The Morgan fingerprint density at radius 2 is 1.77 bits per heavy atom. The topological polar surface area (TPSA) is 139 Å². The molecule has 0 saturated carbocycles. The van der Waals surface area contributed by atoms with E-state index in [0.717, 1.165) is 22.8 Å². The number of rotatable bonds is 6. The number of H-pyrrole nitrogens is 1. The van der Waals surface area contributed by atoms with Crippen LogP contribution in [0.2, 0.25) is 0 Å². The van der Waals surface area contributed by atoms with Gasteiger partial charge in [-0.1, -0.05) is 20.8 Å². The maximum Gasteiger partial charge on any atom is 0.324 e. The molecule has 5 aromatic rings. The summed E-state index contributed by atoms with van der Waals surface area (Å²) in [5.74, 6) is -0.185. The van der Waals surface area contributed by atoms with E-state index < -0.39 is 11.8 Å². The van der Waals surface area contributed by atoms with Gasteiger partial charge in [0.1, 0.15) is 28.8 Å². The predicted molar refractivity (Wildman–Crippen MR) is 149 cm³/mol. The van der Waals surface area contributed by atoms with Gasteiger partial charge in [0.05, 0.1) is 34.4 Å². The van der Waals surface area contributed by atoms with Gasteiger partial charge in [-0.15, -0.1) is 0 Å². The average Bonchev–Trinajstić information content (AvgIpc) is 3.56. The second-order valence-corrected chi connectivity index (χ2v) is 9.96. The highest BCUT2D eigenvalue weighted by Gasteiger charge is 2.22. The minimum absolute atomic E-state index is 0.0494. The van der Waals surface area contributed by atoms with E-state index in [2.05, 4.69) is 30.9 Å². The summed E-state index contributed by atoms with van der Waals surface area (Å²) in [5.41, 5.74) is 2.93. The highest BCUT2D eigenvalue weighted by atomic mass is 19.1. The minimum Gasteiger partial charge on any atom is -0.457 e. The quantitative estimate of drug-likeness (QED) is 0.227. The first-order valence-electron chi connectivity index (χ1n) is 12.4. The second kappa shape index (κ2) is 10.5. The molecule has 0 aliphatic heterocycles. The molecule has 0 atom stereocenters. The summed E-state index contributed by atoms with van der Waals surface area (Å²) in [4.78, 5) is 36.0. The molecule has 11 nitrogen and oxygen atoms in total. The van der Waals surface area contributed by atoms with Crippen molar-refractivity contribution in [2.24, 2.45) is 0 Å². The number of hydrogen-bond acceptors (Lipinski definition) is 6. The van der Waals surface area contributed by atoms with Crippen molar-refractivity contribution in [2.45, 2.75) is 26.2 Å². The van der Waals surface area contributed by atoms with Crippen LogP contribution in [0.1, 0.15) is 37.0 Å². The molecule has 4 N–H and O–H groups in total. The van der Waals surface area contributed by atoms with Gasteiger partial charge < -0.3 is 20.4 Å². The molecule has 0 unspecified atom stereocenters. The molecule has 3 amide bonds. The van der Waals surface area contributed by atoms with Crippen molar-refractivity contribution < 1.29 is 18.7 Å². The smallest absolute Gasteiger partial charge is 0.324 e. The largest absolute Gasteiger partial charge is 0.457 e. The maximum atomic E-state index is 14.9. The molecule has 40 heavy (non-hydrogen) atoms. The van der Waals surface area contributed by atoms with Crippen LogP contribution in [-0.2, 0) is 5.41 Å². The summed E-state index contributed by atoms with van der Waals surface area (Å²) in [6.45, 7) is 6.06. The zero-order valence-electron chi connectivity index (χ0n) is 22.2. The molecule has 0 fully saturated rings. The predicted octanol–water partition coefficient (Wildman–Crippen LogP) is 5.38. The molecule has 0 spiro atoms. The molecule has 0 bridgehead atoms. The molecular formula is C28H27FN8O3. The zero-order chi connectivity index (χ0) is 28.4. The van der Waals surface area contributed by atoms with E-state index in [9.17, 15) is 14.0 Å². The lowest BCUT2D eigenvalue weighted by Gasteiger charge is -2.14. The highest BCUT2D eigenvalue weighted by Crippen LogP contribution is 2.29. The first kappa shape index (κ1) is 26.4. The van der Waals surface area contributed by atoms with Crippen LogP contribution in [-0.4, -0.2) is 43.7 Å². The van der Waals surface area contributed by atoms with Crippen molar-refractivity contribution >= 4 is 34.5 Å². The number of anilines is 2. The van der Waals surface area contributed by atoms with Gasteiger partial charge in [-0.3, -0.25) is 15.1 Å². The van der Waals surface area contributed by atoms with Crippen molar-refractivity contribution in [2.75, 3.05) is 17.7 Å². The number of halogens is 1. The summed E-state index contributed by atoms with van der Waals surface area (Å²) >= 11 is 0. The molecule has 0 aliphatic rings. The number of aromatic amines is 1. The SMILES string of the molecule is CNC(=O)c1cc(Oc2ccc(NC(=O)Nc3cc(C(C)(C)C)nn3-c3ccc4nc[nH]c4c3)c(F)c2)ccn1. The third-order valence-electron chi connectivity index (χ3n) is 5.98. The Hall–Kier alpha value is -5.26. The van der Waals surface area contributed by atoms with Crippen LogP contribution < -0.4 is 20.7 Å². The Labute approximate surface area is 228 Å². The van der Waals surface area contributed by atoms with Gasteiger partial charge in [-0.05, 0) is 36.4 Å². The highest BCUT2D eigenvalue weighted by molar-refractivity contribution is 5.99. The van der Waals surface area contributed by atoms with E-state index in [4.69, 9.17) is 9.84 Å². The van der Waals surface area contributed by atoms with Crippen molar-refractivity contribution in [1.29, 1.82) is 0 Å². The van der Waals surface area contributed by atoms with Crippen LogP contribution in [0.15, 0.2) is 67.1 Å². The van der Waals surface area contributed by atoms with Gasteiger partial charge in [0.15, 0.2) is 0 Å². The van der Waals surface area contributed by atoms with Gasteiger partial charge in [0.2, 0.25) is 0 Å². The Kier molecular flexibility index (Phi) is 6.91. The Morgan fingerprint density at radius 3 is 2.52 bits per heavy atom. The van der Waals surface area contributed by atoms with Gasteiger partial charge in [-0.2, -0.15) is 5.10 Å². The van der Waals surface area contributed by atoms with E-state index in [0.29, 0.717) is 17.3 Å². The summed E-state index contributed by atoms with van der Waals surface area (Å²) < 4.78 is 22.2. The van der Waals surface area contributed by atoms with Crippen LogP contribution >= 0.6 is 0 Å². The van der Waals surface area contributed by atoms with Crippen molar-refractivity contribution in [1.82, 2.24) is 30.0 Å². The van der Waals surface area contributed by atoms with Gasteiger partial charge in [0.25, 0.3) is 5.91 Å². The number of urea groups is 1. The number of nitrogens with one attached hydrogen (secondary N) is 4. The summed E-state index contributed by atoms with van der Waals surface area (Å²) in [6.07, 6.45) is 3.02. The first-order chi connectivity index (χ1) is 19.1. The number of hydrogen-bond donors (Lipinski definition) is 4. The second-order valence-electron chi connectivity index (χ2n) is 9.96. The third-order valence-corrected chi connectivity index (χ3v) is 5.98. The molecule has 2 aromatic carbocycles. The fraction of sp³-hybridized carbons (Fsp3) is 0.179. The lowest BCUT2D eigenvalue weighted by molar-refractivity contribution is 0.0957. The number of ether oxygens (including phenoxy) is 1. The normalized spacial score (nSPS) is 11.3. The number of pyridine rings is 1. The summed E-state index contributed by atoms with van der Waals surface area (Å²) in [6, 6.07) is 13.7. The van der Waals surface area contributed by atoms with Crippen LogP contribution in [0.3, 0.4) is 0 Å². The fourth-order valence-corrected chi connectivity index (χ4v) is 3.88. The first-order valence-corrected chi connectivity index (χ1v) is 12.4. The summed E-state index contributed by atoms with van der Waals surface area (Å²) in [7, 11) is 1.49. The van der Waals surface area contributed by atoms with Crippen LogP contribution in [0, 0.1) is 5.82 Å². The molecule has 0 saturated heterocycles. The number of nitrogens with zero attached hydrogens (tertiary/aromatic N) is 4. The Bertz CT molecular complexity index is 1720. The lowest BCUT2D eigenvalue weighted by atomic mass is 9.92. The number of imidazole rings is 1. The van der Waals surface area contributed by atoms with Crippen molar-refractivity contribution in [3.8, 4) is 17.2 Å². The Balaban J connectivity index is 1.34. The molecule has 3 aromatic heterocycles. The number of benzene rings is 2. The maximum absolute atomic E-state index is 14.9. The molecule has 0 aliphatic carbocycles. The minimum atomic E-state index is -0.707. The molecular weight excluding hydrogens is 515 g/mol. The van der Waals surface area contributed by atoms with E-state index in [1.165, 1.54) is 31.4 Å². The number of aromatic nitrogens is 5. The monoisotopic (exact) mass is 542 g/mol. The summed E-state index contributed by atoms with van der Waals surface area (Å²) in [5, 5.41) is 12.5. The van der Waals surface area contributed by atoms with E-state index in [-0.39, 0.29) is 28.5 Å². The number of carbonyl (C=O) groups excluding carboxylic acids is 2. The molecule has 0 radical (unpaired) electrons. The standard InChI is InChI=1S/C28H27FN8O3/c1-28(2,3)24-14-25(37(36-24)16-5-7-21-22(11-16)33-15-32-21)35-27(39)34-20-8-6-17(12-19(20)29)40-18-9-10-31-23(13-18)26(38)30-4/h5-15H,1-4H3,(H,30,38)(H,32,33)(H2,34,35,39). The molecule has 204 valence electrons. The number of amides is 3. The molecule has 5 rings (SSSR count). The Morgan fingerprint density at radius 1 is 0.975 bits per heavy atom. The third kappa shape index (κ3) is 5.60. The van der Waals surface area contributed by atoms with Crippen LogP contribution in [0.5, 0.6) is 11.5 Å². The van der Waals surface area contributed by atoms with Crippen LogP contribution in [0.4, 0.5) is 20.7 Å². The van der Waals surface area contributed by atoms with Gasteiger partial charge in [-0.25, -0.2) is 18.9 Å². The van der Waals surface area contributed by atoms with E-state index in [1.54, 1.807) is 23.1 Å². The lowest BCUT2D eigenvalue weighted by Crippen LogP contribution is -2.22. The van der Waals surface area contributed by atoms with Crippen LogP contribution in [0.25, 0.3) is 16.7 Å². The zero-order valence-corrected chi connectivity index (χ0v) is 22.2. The van der Waals surface area contributed by atoms with Gasteiger partial charge in [0, 0.05) is 36.9 Å². The van der Waals surface area contributed by atoms with E-state index in [1.807, 2.05) is 39.0 Å². The van der Waals surface area contributed by atoms with Crippen molar-refractivity contribution in [3.05, 3.63) is 84.3 Å². The van der Waals surface area contributed by atoms with Gasteiger partial charge >= 0.3 is 6.03 Å². The fourth-order valence-electron chi connectivity index (χ4n) is 3.88. The average molecular weight is 543 g/mol. The molecule has 12 heteroatoms.